The predicted octanol–water partition coefficient (Wildman–Crippen LogP) is 1.77. The Kier molecular flexibility index (Phi) is 4.16. The normalized spacial score (nSPS) is 19.6. The van der Waals surface area contributed by atoms with Gasteiger partial charge in [0.15, 0.2) is 9.84 Å². The first-order valence-electron chi connectivity index (χ1n) is 7.23. The fourth-order valence-corrected chi connectivity index (χ4v) is 4.53. The lowest BCUT2D eigenvalue weighted by Gasteiger charge is -2.07. The number of nitrogens with zero attached hydrogens (tertiary/aromatic N) is 2. The average Bonchev–Trinajstić information content (AvgIpc) is 3.06. The second-order valence-corrected chi connectivity index (χ2v) is 7.88. The highest BCUT2D eigenvalue weighted by Crippen LogP contribution is 2.22. The van der Waals surface area contributed by atoms with Crippen molar-refractivity contribution in [3.8, 4) is 5.69 Å². The van der Waals surface area contributed by atoms with E-state index in [9.17, 15) is 17.6 Å². The van der Waals surface area contributed by atoms with Crippen LogP contribution in [0.2, 0.25) is 0 Å². The van der Waals surface area contributed by atoms with Gasteiger partial charge in [0.25, 0.3) is 0 Å². The topological polar surface area (TPSA) is 81.1 Å². The summed E-state index contributed by atoms with van der Waals surface area (Å²) in [5.41, 5.74) is 0.731. The van der Waals surface area contributed by atoms with Crippen LogP contribution in [0.4, 0.5) is 10.1 Å². The van der Waals surface area contributed by atoms with E-state index in [0.29, 0.717) is 12.1 Å². The molecule has 8 heteroatoms. The zero-order chi connectivity index (χ0) is 16.4. The zero-order valence-electron chi connectivity index (χ0n) is 12.3. The van der Waals surface area contributed by atoms with Crippen molar-refractivity contribution in [1.82, 2.24) is 9.78 Å². The highest BCUT2D eigenvalue weighted by Gasteiger charge is 2.29. The number of hydrogen-bond donors (Lipinski definition) is 1. The minimum atomic E-state index is -2.99. The summed E-state index contributed by atoms with van der Waals surface area (Å²) >= 11 is 0. The van der Waals surface area contributed by atoms with Crippen molar-refractivity contribution < 1.29 is 17.6 Å². The molecule has 0 saturated carbocycles. The van der Waals surface area contributed by atoms with Crippen LogP contribution in [0.1, 0.15) is 12.8 Å². The first kappa shape index (κ1) is 15.7. The molecule has 2 heterocycles. The maximum atomic E-state index is 13.7. The van der Waals surface area contributed by atoms with Gasteiger partial charge >= 0.3 is 0 Å². The van der Waals surface area contributed by atoms with E-state index in [0.717, 1.165) is 0 Å². The van der Waals surface area contributed by atoms with Crippen molar-refractivity contribution >= 4 is 21.4 Å². The van der Waals surface area contributed by atoms with Gasteiger partial charge in [-0.1, -0.05) is 12.1 Å². The van der Waals surface area contributed by atoms with Crippen LogP contribution >= 0.6 is 0 Å². The molecule has 1 saturated heterocycles. The largest absolute Gasteiger partial charge is 0.323 e. The minimum Gasteiger partial charge on any atom is -0.323 e. The first-order chi connectivity index (χ1) is 10.9. The molecule has 0 radical (unpaired) electrons. The number of nitrogens with one attached hydrogen (secondary N) is 1. The fourth-order valence-electron chi connectivity index (χ4n) is 2.66. The lowest BCUT2D eigenvalue weighted by molar-refractivity contribution is -0.116. The second-order valence-electron chi connectivity index (χ2n) is 5.65. The van der Waals surface area contributed by atoms with Crippen molar-refractivity contribution in [3.05, 3.63) is 42.5 Å². The Balaban J connectivity index is 1.63. The Hall–Kier alpha value is -2.22. The summed E-state index contributed by atoms with van der Waals surface area (Å²) in [5, 5.41) is 6.69. The number of sulfone groups is 1. The average molecular weight is 337 g/mol. The summed E-state index contributed by atoms with van der Waals surface area (Å²) in [5.74, 6) is -0.600. The molecule has 1 aliphatic rings. The molecule has 0 bridgehead atoms. The summed E-state index contributed by atoms with van der Waals surface area (Å²) in [6.45, 7) is 0. The standard InChI is InChI=1S/C15H16FN3O3S/c16-13-3-1-2-4-14(13)19-9-12(8-17-19)18-15(20)7-11-5-6-23(21,22)10-11/h1-4,8-9,11H,5-7,10H2,(H,18,20)/t11-/m1/s1. The number of carbonyl (C=O) groups is 1. The molecule has 0 aliphatic carbocycles. The second kappa shape index (κ2) is 6.11. The minimum absolute atomic E-state index is 0.0644. The maximum Gasteiger partial charge on any atom is 0.224 e. The Morgan fingerprint density at radius 3 is 2.87 bits per heavy atom. The molecule has 3 rings (SSSR count). The fraction of sp³-hybridized carbons (Fsp3) is 0.333. The molecule has 1 atom stereocenters. The monoisotopic (exact) mass is 337 g/mol. The van der Waals surface area contributed by atoms with Crippen molar-refractivity contribution in [2.75, 3.05) is 16.8 Å². The molecule has 23 heavy (non-hydrogen) atoms. The van der Waals surface area contributed by atoms with Gasteiger partial charge in [-0.2, -0.15) is 5.10 Å². The van der Waals surface area contributed by atoms with E-state index in [-0.39, 0.29) is 35.4 Å². The highest BCUT2D eigenvalue weighted by molar-refractivity contribution is 7.91. The smallest absolute Gasteiger partial charge is 0.224 e. The quantitative estimate of drug-likeness (QED) is 0.922. The molecule has 122 valence electrons. The lowest BCUT2D eigenvalue weighted by atomic mass is 10.1. The Morgan fingerprint density at radius 1 is 1.39 bits per heavy atom. The van der Waals surface area contributed by atoms with Crippen molar-refractivity contribution in [1.29, 1.82) is 0 Å². The van der Waals surface area contributed by atoms with Crippen LogP contribution in [0.25, 0.3) is 5.69 Å². The molecule has 0 spiro atoms. The van der Waals surface area contributed by atoms with E-state index in [4.69, 9.17) is 0 Å². The molecular formula is C15H16FN3O3S. The number of para-hydroxylation sites is 1. The Labute approximate surface area is 133 Å². The van der Waals surface area contributed by atoms with Gasteiger partial charge in [-0.3, -0.25) is 4.79 Å². The molecule has 1 aromatic carbocycles. The van der Waals surface area contributed by atoms with Crippen LogP contribution in [-0.4, -0.2) is 35.6 Å². The van der Waals surface area contributed by atoms with Crippen LogP contribution in [0.15, 0.2) is 36.7 Å². The molecular weight excluding hydrogens is 321 g/mol. The number of rotatable bonds is 4. The van der Waals surface area contributed by atoms with Gasteiger partial charge in [0.2, 0.25) is 5.91 Å². The predicted molar refractivity (Wildman–Crippen MR) is 83.5 cm³/mol. The first-order valence-corrected chi connectivity index (χ1v) is 9.05. The molecule has 1 N–H and O–H groups in total. The number of carbonyl (C=O) groups excluding carboxylic acids is 1. The molecule has 1 aliphatic heterocycles. The van der Waals surface area contributed by atoms with Crippen molar-refractivity contribution in [3.63, 3.8) is 0 Å². The number of anilines is 1. The Morgan fingerprint density at radius 2 is 2.17 bits per heavy atom. The number of amides is 1. The molecule has 1 amide bonds. The van der Waals surface area contributed by atoms with Crippen LogP contribution in [0.3, 0.4) is 0 Å². The number of aromatic nitrogens is 2. The van der Waals surface area contributed by atoms with E-state index in [2.05, 4.69) is 10.4 Å². The molecule has 0 unspecified atom stereocenters. The number of benzene rings is 1. The number of halogens is 1. The third-order valence-corrected chi connectivity index (χ3v) is 5.60. The molecule has 2 aromatic rings. The summed E-state index contributed by atoms with van der Waals surface area (Å²) in [6, 6.07) is 6.19. The van der Waals surface area contributed by atoms with Crippen LogP contribution < -0.4 is 5.32 Å². The number of hydrogen-bond acceptors (Lipinski definition) is 4. The van der Waals surface area contributed by atoms with Gasteiger partial charge in [0, 0.05) is 6.42 Å². The molecule has 6 nitrogen and oxygen atoms in total. The van der Waals surface area contributed by atoms with E-state index in [1.54, 1.807) is 18.2 Å². The van der Waals surface area contributed by atoms with E-state index in [1.807, 2.05) is 0 Å². The van der Waals surface area contributed by atoms with E-state index in [1.165, 1.54) is 23.1 Å². The lowest BCUT2D eigenvalue weighted by Crippen LogP contribution is -2.17. The van der Waals surface area contributed by atoms with Gasteiger partial charge in [-0.15, -0.1) is 0 Å². The van der Waals surface area contributed by atoms with Crippen LogP contribution in [-0.2, 0) is 14.6 Å². The van der Waals surface area contributed by atoms with Gasteiger partial charge in [-0.05, 0) is 24.5 Å². The van der Waals surface area contributed by atoms with Gasteiger partial charge < -0.3 is 5.32 Å². The van der Waals surface area contributed by atoms with Gasteiger partial charge in [0.05, 0.1) is 29.6 Å². The van der Waals surface area contributed by atoms with E-state index >= 15 is 0 Å². The third-order valence-electron chi connectivity index (χ3n) is 3.77. The summed E-state index contributed by atoms with van der Waals surface area (Å²) in [6.07, 6.45) is 3.62. The van der Waals surface area contributed by atoms with Crippen molar-refractivity contribution in [2.24, 2.45) is 5.92 Å². The van der Waals surface area contributed by atoms with Gasteiger partial charge in [0.1, 0.15) is 11.5 Å². The molecule has 1 fully saturated rings. The summed E-state index contributed by atoms with van der Waals surface area (Å²) in [4.78, 5) is 12.0. The third kappa shape index (κ3) is 3.76. The van der Waals surface area contributed by atoms with Crippen LogP contribution in [0, 0.1) is 11.7 Å². The van der Waals surface area contributed by atoms with Gasteiger partial charge in [-0.25, -0.2) is 17.5 Å². The Bertz CT molecular complexity index is 832. The van der Waals surface area contributed by atoms with Crippen molar-refractivity contribution in [2.45, 2.75) is 12.8 Å². The SMILES string of the molecule is O=C(C[C@H]1CCS(=O)(=O)C1)Nc1cnn(-c2ccccc2F)c1. The summed E-state index contributed by atoms with van der Waals surface area (Å²) in [7, 11) is -2.99. The molecule has 1 aromatic heterocycles. The van der Waals surface area contributed by atoms with Crippen LogP contribution in [0.5, 0.6) is 0 Å². The summed E-state index contributed by atoms with van der Waals surface area (Å²) < 4.78 is 37.8. The maximum absolute atomic E-state index is 13.7. The highest BCUT2D eigenvalue weighted by atomic mass is 32.2. The zero-order valence-corrected chi connectivity index (χ0v) is 13.1. The van der Waals surface area contributed by atoms with E-state index < -0.39 is 15.7 Å².